The van der Waals surface area contributed by atoms with Gasteiger partial charge in [-0.2, -0.15) is 0 Å². The highest BCUT2D eigenvalue weighted by Crippen LogP contribution is 2.77. The minimum atomic E-state index is -0.154. The second kappa shape index (κ2) is 5.67. The van der Waals surface area contributed by atoms with Gasteiger partial charge < -0.3 is 9.84 Å². The summed E-state index contributed by atoms with van der Waals surface area (Å²) in [5.41, 5.74) is 0.879. The monoisotopic (exact) mass is 414 g/mol. The van der Waals surface area contributed by atoms with E-state index in [0.717, 1.165) is 31.6 Å². The molecule has 10 atom stereocenters. The fourth-order valence-electron chi connectivity index (χ4n) is 11.3. The molecule has 0 radical (unpaired) electrons. The van der Waals surface area contributed by atoms with E-state index in [1.54, 1.807) is 0 Å². The number of ether oxygens (including phenoxy) is 1. The predicted molar refractivity (Wildman–Crippen MR) is 117 cm³/mol. The molecule has 1 saturated heterocycles. The van der Waals surface area contributed by atoms with Crippen molar-refractivity contribution >= 4 is 5.97 Å². The second-order valence-corrected chi connectivity index (χ2v) is 13.7. The van der Waals surface area contributed by atoms with Crippen molar-refractivity contribution in [2.24, 2.45) is 50.7 Å². The van der Waals surface area contributed by atoms with Crippen LogP contribution in [0.3, 0.4) is 0 Å². The van der Waals surface area contributed by atoms with E-state index < -0.39 is 0 Å². The molecule has 0 spiro atoms. The first-order chi connectivity index (χ1) is 14.0. The van der Waals surface area contributed by atoms with Crippen LogP contribution in [0.5, 0.6) is 0 Å². The first-order valence-corrected chi connectivity index (χ1v) is 12.9. The number of hydrogen-bond acceptors (Lipinski definition) is 3. The minimum Gasteiger partial charge on any atom is -0.462 e. The Morgan fingerprint density at radius 3 is 2.30 bits per heavy atom. The Bertz CT molecular complexity index is 789. The van der Waals surface area contributed by atoms with Crippen LogP contribution in [-0.4, -0.2) is 23.3 Å². The lowest BCUT2D eigenvalue weighted by Gasteiger charge is -2.72. The predicted octanol–water partition coefficient (Wildman–Crippen LogP) is 5.74. The van der Waals surface area contributed by atoms with Crippen LogP contribution in [0.15, 0.2) is 0 Å². The topological polar surface area (TPSA) is 46.5 Å². The molecule has 2 bridgehead atoms. The Hall–Kier alpha value is -0.570. The summed E-state index contributed by atoms with van der Waals surface area (Å²) in [5, 5.41) is 10.8. The number of carbonyl (C=O) groups is 1. The van der Waals surface area contributed by atoms with Crippen molar-refractivity contribution in [1.82, 2.24) is 0 Å². The van der Waals surface area contributed by atoms with Crippen molar-refractivity contribution in [2.75, 3.05) is 0 Å². The quantitative estimate of drug-likeness (QED) is 0.514. The van der Waals surface area contributed by atoms with Gasteiger partial charge in [0.1, 0.15) is 6.10 Å². The van der Waals surface area contributed by atoms with Crippen LogP contribution >= 0.6 is 0 Å². The van der Waals surface area contributed by atoms with Gasteiger partial charge in [-0.15, -0.1) is 0 Å². The summed E-state index contributed by atoms with van der Waals surface area (Å²) in [6.07, 6.45) is 11.8. The lowest BCUT2D eigenvalue weighted by Crippen LogP contribution is -2.66. The maximum Gasteiger partial charge on any atom is 0.312 e. The summed E-state index contributed by atoms with van der Waals surface area (Å²) in [6.45, 7) is 12.5. The van der Waals surface area contributed by atoms with Crippen molar-refractivity contribution < 1.29 is 14.6 Å². The zero-order valence-electron chi connectivity index (χ0n) is 19.8. The Morgan fingerprint density at radius 1 is 0.800 bits per heavy atom. The normalized spacial score (nSPS) is 60.8. The molecule has 1 aliphatic heterocycles. The number of aliphatic hydroxyl groups is 1. The first kappa shape index (κ1) is 20.1. The van der Waals surface area contributed by atoms with E-state index in [9.17, 15) is 9.90 Å². The zero-order valence-corrected chi connectivity index (χ0v) is 19.8. The van der Waals surface area contributed by atoms with Gasteiger partial charge in [-0.1, -0.05) is 34.6 Å². The highest BCUT2D eigenvalue weighted by Gasteiger charge is 2.74. The molecule has 5 saturated carbocycles. The summed E-state index contributed by atoms with van der Waals surface area (Å²) in [5.74, 6) is 2.64. The molecule has 6 fully saturated rings. The highest BCUT2D eigenvalue weighted by molar-refractivity contribution is 5.81. The summed E-state index contributed by atoms with van der Waals surface area (Å²) < 4.78 is 5.94. The largest absolute Gasteiger partial charge is 0.462 e. The van der Waals surface area contributed by atoms with Crippen LogP contribution in [-0.2, 0) is 9.53 Å². The van der Waals surface area contributed by atoms with E-state index in [2.05, 4.69) is 34.6 Å². The molecule has 168 valence electrons. The van der Waals surface area contributed by atoms with Gasteiger partial charge in [-0.25, -0.2) is 0 Å². The Balaban J connectivity index is 1.40. The lowest BCUT2D eigenvalue weighted by atomic mass is 9.32. The van der Waals surface area contributed by atoms with Gasteiger partial charge in [-0.3, -0.25) is 4.79 Å². The molecule has 6 rings (SSSR count). The van der Waals surface area contributed by atoms with Crippen molar-refractivity contribution in [3.63, 3.8) is 0 Å². The SMILES string of the molecule is CC1(C)[C@@H](O)CC[C@]2(C)[C@H]3CC[C@@H]4[C@H]5[C@H]6CC[C@]5(CC[C@@]4(C)[C@]3(C)CC[C@@H]12)C(=O)O6. The number of rotatable bonds is 0. The van der Waals surface area contributed by atoms with Crippen LogP contribution in [0.4, 0.5) is 0 Å². The summed E-state index contributed by atoms with van der Waals surface area (Å²) in [6, 6.07) is 0. The number of esters is 1. The van der Waals surface area contributed by atoms with E-state index >= 15 is 0 Å². The van der Waals surface area contributed by atoms with Crippen molar-refractivity contribution in [3.8, 4) is 0 Å². The van der Waals surface area contributed by atoms with E-state index in [0.29, 0.717) is 34.0 Å². The molecule has 1 heterocycles. The molecule has 3 heteroatoms. The fraction of sp³-hybridized carbons (Fsp3) is 0.963. The number of aliphatic hydroxyl groups excluding tert-OH is 1. The van der Waals surface area contributed by atoms with Crippen molar-refractivity contribution in [1.29, 1.82) is 0 Å². The molecule has 0 aromatic heterocycles. The van der Waals surface area contributed by atoms with Gasteiger partial charge in [0.25, 0.3) is 0 Å². The van der Waals surface area contributed by atoms with E-state index in [1.807, 2.05) is 0 Å². The third-order valence-electron chi connectivity index (χ3n) is 13.0. The fourth-order valence-corrected chi connectivity index (χ4v) is 11.3. The maximum absolute atomic E-state index is 12.8. The molecular weight excluding hydrogens is 372 g/mol. The number of fused-ring (bicyclic) bond motifs is 5. The van der Waals surface area contributed by atoms with Crippen LogP contribution in [0, 0.1) is 50.7 Å². The molecule has 0 amide bonds. The van der Waals surface area contributed by atoms with Gasteiger partial charge in [0.15, 0.2) is 0 Å². The average molecular weight is 415 g/mol. The lowest BCUT2D eigenvalue weighted by molar-refractivity contribution is -0.243. The third kappa shape index (κ3) is 1.98. The van der Waals surface area contributed by atoms with E-state index in [-0.39, 0.29) is 29.0 Å². The molecule has 0 unspecified atom stereocenters. The van der Waals surface area contributed by atoms with E-state index in [1.165, 1.54) is 38.5 Å². The average Bonchev–Trinajstić information content (AvgIpc) is 3.18. The van der Waals surface area contributed by atoms with Crippen LogP contribution in [0.25, 0.3) is 0 Å². The molecular formula is C27H42O3. The van der Waals surface area contributed by atoms with Crippen LogP contribution in [0.2, 0.25) is 0 Å². The molecule has 5 aliphatic carbocycles. The maximum atomic E-state index is 12.8. The van der Waals surface area contributed by atoms with Gasteiger partial charge in [-0.05, 0) is 104 Å². The van der Waals surface area contributed by atoms with Crippen LogP contribution < -0.4 is 0 Å². The molecule has 3 nitrogen and oxygen atoms in total. The second-order valence-electron chi connectivity index (χ2n) is 13.7. The van der Waals surface area contributed by atoms with Crippen molar-refractivity contribution in [2.45, 2.75) is 111 Å². The standard InChI is InChI=1S/C27H42O3/c1-23(2)18-9-12-26(5)19(24(18,3)11-10-20(23)28)7-6-16-21-17-8-13-27(21,22(29)30-17)15-14-25(16,26)4/h16-21,28H,6-15H2,1-5H3/t16-,17-,18+,19-,20+,21+,24+,25-,26-,27-/m1/s1. The molecule has 30 heavy (non-hydrogen) atoms. The van der Waals surface area contributed by atoms with Crippen molar-refractivity contribution in [3.05, 3.63) is 0 Å². The summed E-state index contributed by atoms with van der Waals surface area (Å²) in [7, 11) is 0. The highest BCUT2D eigenvalue weighted by atomic mass is 16.6. The zero-order chi connectivity index (χ0) is 21.3. The van der Waals surface area contributed by atoms with Gasteiger partial charge in [0.05, 0.1) is 11.5 Å². The molecule has 1 N–H and O–H groups in total. The van der Waals surface area contributed by atoms with Gasteiger partial charge in [0, 0.05) is 5.92 Å². The minimum absolute atomic E-state index is 0.0214. The smallest absolute Gasteiger partial charge is 0.312 e. The number of carbonyl (C=O) groups excluding carboxylic acids is 1. The Kier molecular flexibility index (Phi) is 3.79. The third-order valence-corrected chi connectivity index (χ3v) is 13.0. The summed E-state index contributed by atoms with van der Waals surface area (Å²) >= 11 is 0. The van der Waals surface area contributed by atoms with Gasteiger partial charge in [0.2, 0.25) is 0 Å². The van der Waals surface area contributed by atoms with Gasteiger partial charge >= 0.3 is 5.97 Å². The van der Waals surface area contributed by atoms with Crippen LogP contribution in [0.1, 0.15) is 98.8 Å². The molecule has 6 aliphatic rings. The molecule has 0 aromatic carbocycles. The first-order valence-electron chi connectivity index (χ1n) is 12.9. The summed E-state index contributed by atoms with van der Waals surface area (Å²) in [4.78, 5) is 12.8. The Labute approximate surface area is 182 Å². The van der Waals surface area contributed by atoms with E-state index in [4.69, 9.17) is 4.74 Å². The molecule has 0 aromatic rings. The number of hydrogen-bond donors (Lipinski definition) is 1. The Morgan fingerprint density at radius 2 is 1.57 bits per heavy atom.